The number of rotatable bonds is 8. The van der Waals surface area contributed by atoms with Crippen molar-refractivity contribution < 1.29 is 18.4 Å². The SMILES string of the molecule is O=C1CCCN1CCCN(Cc1cc2ccc(F)cc2nc1-c1cccc(Cl)c1)C(=O)c1ccco1. The Labute approximate surface area is 213 Å². The van der Waals surface area contributed by atoms with Crippen LogP contribution < -0.4 is 0 Å². The summed E-state index contributed by atoms with van der Waals surface area (Å²) in [7, 11) is 0. The minimum Gasteiger partial charge on any atom is -0.459 e. The maximum absolute atomic E-state index is 14.0. The number of aromatic nitrogens is 1. The molecule has 1 aliphatic rings. The quantitative estimate of drug-likeness (QED) is 0.297. The smallest absolute Gasteiger partial charge is 0.289 e. The number of pyridine rings is 1. The van der Waals surface area contributed by atoms with Crippen molar-refractivity contribution in [2.75, 3.05) is 19.6 Å². The first-order chi connectivity index (χ1) is 17.5. The highest BCUT2D eigenvalue weighted by molar-refractivity contribution is 6.30. The molecule has 6 nitrogen and oxygen atoms in total. The number of fused-ring (bicyclic) bond motifs is 1. The van der Waals surface area contributed by atoms with Gasteiger partial charge in [-0.05, 0) is 60.9 Å². The molecule has 1 saturated heterocycles. The van der Waals surface area contributed by atoms with E-state index in [1.54, 1.807) is 35.2 Å². The molecule has 4 aromatic rings. The molecular weight excluding hydrogens is 481 g/mol. The van der Waals surface area contributed by atoms with E-state index in [1.807, 2.05) is 23.1 Å². The monoisotopic (exact) mass is 505 g/mol. The average Bonchev–Trinajstić information content (AvgIpc) is 3.55. The Morgan fingerprint density at radius 3 is 2.78 bits per heavy atom. The Kier molecular flexibility index (Phi) is 7.00. The number of carbonyl (C=O) groups is 2. The van der Waals surface area contributed by atoms with Gasteiger partial charge in [-0.2, -0.15) is 0 Å². The van der Waals surface area contributed by atoms with E-state index >= 15 is 0 Å². The number of nitrogens with zero attached hydrogens (tertiary/aromatic N) is 3. The van der Waals surface area contributed by atoms with Gasteiger partial charge in [-0.3, -0.25) is 9.59 Å². The van der Waals surface area contributed by atoms with Crippen molar-refractivity contribution in [3.8, 4) is 11.3 Å². The summed E-state index contributed by atoms with van der Waals surface area (Å²) in [6.45, 7) is 2.04. The summed E-state index contributed by atoms with van der Waals surface area (Å²) in [6, 6.07) is 17.0. The second-order valence-electron chi connectivity index (χ2n) is 8.89. The Hall–Kier alpha value is -3.71. The minimum atomic E-state index is -0.370. The maximum Gasteiger partial charge on any atom is 0.289 e. The van der Waals surface area contributed by atoms with Crippen LogP contribution in [0.3, 0.4) is 0 Å². The first-order valence-corrected chi connectivity index (χ1v) is 12.3. The van der Waals surface area contributed by atoms with Crippen LogP contribution in [0.2, 0.25) is 5.02 Å². The molecule has 2 aromatic heterocycles. The van der Waals surface area contributed by atoms with Crippen LogP contribution in [0.15, 0.2) is 71.3 Å². The molecule has 0 unspecified atom stereocenters. The molecule has 1 fully saturated rings. The molecule has 0 saturated carbocycles. The van der Waals surface area contributed by atoms with Gasteiger partial charge in [0.2, 0.25) is 5.91 Å². The van der Waals surface area contributed by atoms with Crippen molar-refractivity contribution >= 4 is 34.3 Å². The van der Waals surface area contributed by atoms with E-state index in [9.17, 15) is 14.0 Å². The number of furan rings is 1. The lowest BCUT2D eigenvalue weighted by molar-refractivity contribution is -0.127. The van der Waals surface area contributed by atoms with Gasteiger partial charge in [0.15, 0.2) is 5.76 Å². The van der Waals surface area contributed by atoms with Gasteiger partial charge in [-0.15, -0.1) is 0 Å². The molecule has 1 aliphatic heterocycles. The van der Waals surface area contributed by atoms with Crippen molar-refractivity contribution in [1.29, 1.82) is 0 Å². The lowest BCUT2D eigenvalue weighted by Gasteiger charge is -2.25. The number of hydrogen-bond acceptors (Lipinski definition) is 4. The number of amides is 2. The largest absolute Gasteiger partial charge is 0.459 e. The van der Waals surface area contributed by atoms with Gasteiger partial charge in [-0.1, -0.05) is 23.7 Å². The molecule has 0 atom stereocenters. The molecule has 0 aliphatic carbocycles. The van der Waals surface area contributed by atoms with Crippen LogP contribution >= 0.6 is 11.6 Å². The molecule has 5 rings (SSSR count). The van der Waals surface area contributed by atoms with Crippen molar-refractivity contribution in [2.45, 2.75) is 25.8 Å². The van der Waals surface area contributed by atoms with Crippen LogP contribution in [0, 0.1) is 5.82 Å². The number of likely N-dealkylation sites (tertiary alicyclic amines) is 1. The summed E-state index contributed by atoms with van der Waals surface area (Å²) in [4.78, 5) is 33.7. The predicted octanol–water partition coefficient (Wildman–Crippen LogP) is 5.94. The molecule has 3 heterocycles. The highest BCUT2D eigenvalue weighted by Crippen LogP contribution is 2.29. The molecule has 8 heteroatoms. The Morgan fingerprint density at radius 2 is 2.03 bits per heavy atom. The lowest BCUT2D eigenvalue weighted by atomic mass is 10.0. The number of carbonyl (C=O) groups excluding carboxylic acids is 2. The Balaban J connectivity index is 1.49. The molecule has 184 valence electrons. The fraction of sp³-hybridized carbons (Fsp3) is 0.250. The van der Waals surface area contributed by atoms with E-state index in [2.05, 4.69) is 0 Å². The zero-order valence-electron chi connectivity index (χ0n) is 19.6. The summed E-state index contributed by atoms with van der Waals surface area (Å²) in [5, 5.41) is 1.32. The molecule has 0 spiro atoms. The van der Waals surface area contributed by atoms with Crippen LogP contribution in [-0.2, 0) is 11.3 Å². The van der Waals surface area contributed by atoms with Crippen molar-refractivity contribution in [3.63, 3.8) is 0 Å². The molecule has 0 bridgehead atoms. The normalized spacial score (nSPS) is 13.5. The Morgan fingerprint density at radius 1 is 1.14 bits per heavy atom. The third-order valence-electron chi connectivity index (χ3n) is 6.36. The van der Waals surface area contributed by atoms with Gasteiger partial charge >= 0.3 is 0 Å². The third kappa shape index (κ3) is 5.26. The first-order valence-electron chi connectivity index (χ1n) is 11.9. The molecule has 0 N–H and O–H groups in total. The van der Waals surface area contributed by atoms with E-state index in [4.69, 9.17) is 21.0 Å². The molecule has 2 aromatic carbocycles. The number of halogens is 2. The van der Waals surface area contributed by atoms with E-state index in [0.29, 0.717) is 42.2 Å². The summed E-state index contributed by atoms with van der Waals surface area (Å²) in [6.07, 6.45) is 3.57. The van der Waals surface area contributed by atoms with Gasteiger partial charge in [0, 0.05) is 54.6 Å². The standard InChI is InChI=1S/C28H25ClFN3O3/c29-22-6-1-5-20(16-22)27-21(15-19-9-10-23(30)17-24(19)31-27)18-33(28(35)25-7-3-14-36-25)13-4-12-32-11-2-8-26(32)34/h1,3,5-7,9-10,14-17H,2,4,8,11-13,18H2. The topological polar surface area (TPSA) is 66.7 Å². The Bertz CT molecular complexity index is 1410. The first kappa shape index (κ1) is 24.0. The summed E-state index contributed by atoms with van der Waals surface area (Å²) in [5.74, 6) is -0.213. The fourth-order valence-electron chi connectivity index (χ4n) is 4.60. The molecular formula is C28H25ClFN3O3. The van der Waals surface area contributed by atoms with E-state index in [1.165, 1.54) is 18.4 Å². The van der Waals surface area contributed by atoms with E-state index in [0.717, 1.165) is 29.5 Å². The lowest BCUT2D eigenvalue weighted by Crippen LogP contribution is -2.34. The van der Waals surface area contributed by atoms with Gasteiger partial charge in [-0.25, -0.2) is 9.37 Å². The predicted molar refractivity (Wildman–Crippen MR) is 136 cm³/mol. The van der Waals surface area contributed by atoms with Crippen LogP contribution in [0.1, 0.15) is 35.4 Å². The average molecular weight is 506 g/mol. The van der Waals surface area contributed by atoms with Crippen LogP contribution in [0.5, 0.6) is 0 Å². The second-order valence-corrected chi connectivity index (χ2v) is 9.32. The van der Waals surface area contributed by atoms with Gasteiger partial charge in [0.1, 0.15) is 5.82 Å². The summed E-state index contributed by atoms with van der Waals surface area (Å²) in [5.41, 5.74) is 2.72. The minimum absolute atomic E-state index is 0.160. The zero-order chi connectivity index (χ0) is 25.1. The third-order valence-corrected chi connectivity index (χ3v) is 6.60. The van der Waals surface area contributed by atoms with E-state index in [-0.39, 0.29) is 29.9 Å². The molecule has 2 amide bonds. The van der Waals surface area contributed by atoms with Crippen molar-refractivity contribution in [3.05, 3.63) is 89.1 Å². The molecule has 0 radical (unpaired) electrons. The fourth-order valence-corrected chi connectivity index (χ4v) is 4.79. The number of benzene rings is 2. The van der Waals surface area contributed by atoms with Gasteiger partial charge in [0.05, 0.1) is 17.5 Å². The molecule has 36 heavy (non-hydrogen) atoms. The van der Waals surface area contributed by atoms with E-state index < -0.39 is 0 Å². The highest BCUT2D eigenvalue weighted by atomic mass is 35.5. The van der Waals surface area contributed by atoms with Crippen LogP contribution in [-0.4, -0.2) is 46.2 Å². The van der Waals surface area contributed by atoms with Crippen molar-refractivity contribution in [1.82, 2.24) is 14.8 Å². The summed E-state index contributed by atoms with van der Waals surface area (Å²) < 4.78 is 19.3. The van der Waals surface area contributed by atoms with Crippen molar-refractivity contribution in [2.24, 2.45) is 0 Å². The second kappa shape index (κ2) is 10.5. The zero-order valence-corrected chi connectivity index (χ0v) is 20.4. The number of hydrogen-bond donors (Lipinski definition) is 0. The van der Waals surface area contributed by atoms with Crippen LogP contribution in [0.25, 0.3) is 22.2 Å². The maximum atomic E-state index is 14.0. The van der Waals surface area contributed by atoms with Crippen LogP contribution in [0.4, 0.5) is 4.39 Å². The van der Waals surface area contributed by atoms with Gasteiger partial charge in [0.25, 0.3) is 5.91 Å². The van der Waals surface area contributed by atoms with Gasteiger partial charge < -0.3 is 14.2 Å². The summed E-state index contributed by atoms with van der Waals surface area (Å²) >= 11 is 6.26. The highest BCUT2D eigenvalue weighted by Gasteiger charge is 2.23.